The average molecular weight is 213 g/mol. The van der Waals surface area contributed by atoms with Gasteiger partial charge in [0.25, 0.3) is 0 Å². The number of piperazine rings is 1. The van der Waals surface area contributed by atoms with Crippen LogP contribution in [0.25, 0.3) is 0 Å². The Bertz CT molecular complexity index is 204. The van der Waals surface area contributed by atoms with Crippen LogP contribution in [-0.2, 0) is 0 Å². The Morgan fingerprint density at radius 3 is 2.47 bits per heavy atom. The molecule has 2 N–H and O–H groups in total. The fourth-order valence-electron chi connectivity index (χ4n) is 1.52. The molecule has 0 aromatic rings. The molecule has 1 saturated heterocycles. The van der Waals surface area contributed by atoms with Gasteiger partial charge in [-0.1, -0.05) is 20.8 Å². The van der Waals surface area contributed by atoms with E-state index in [0.29, 0.717) is 0 Å². The molecule has 1 aliphatic rings. The molecule has 88 valence electrons. The lowest BCUT2D eigenvalue weighted by atomic mass is 9.92. The third kappa shape index (κ3) is 5.02. The summed E-state index contributed by atoms with van der Waals surface area (Å²) in [5, 5.41) is 6.20. The van der Waals surface area contributed by atoms with Crippen LogP contribution in [0, 0.1) is 5.41 Å². The molecule has 15 heavy (non-hydrogen) atoms. The molecule has 0 unspecified atom stereocenters. The molecule has 0 aromatic carbocycles. The van der Waals surface area contributed by atoms with Crippen molar-refractivity contribution in [1.82, 2.24) is 15.5 Å². The topological polar surface area (TPSA) is 44.4 Å². The predicted molar refractivity (Wildman–Crippen MR) is 61.9 cm³/mol. The summed E-state index contributed by atoms with van der Waals surface area (Å²) in [6.07, 6.45) is 1.02. The van der Waals surface area contributed by atoms with Crippen molar-refractivity contribution < 1.29 is 4.79 Å². The van der Waals surface area contributed by atoms with E-state index in [0.717, 1.165) is 39.1 Å². The van der Waals surface area contributed by atoms with Crippen LogP contribution < -0.4 is 10.6 Å². The van der Waals surface area contributed by atoms with Crippen molar-refractivity contribution in [2.24, 2.45) is 5.41 Å². The quantitative estimate of drug-likeness (QED) is 0.720. The highest BCUT2D eigenvalue weighted by Crippen LogP contribution is 2.16. The Balaban J connectivity index is 2.17. The van der Waals surface area contributed by atoms with Crippen molar-refractivity contribution in [1.29, 1.82) is 0 Å². The molecule has 4 heteroatoms. The lowest BCUT2D eigenvalue weighted by Gasteiger charge is -2.28. The zero-order chi connectivity index (χ0) is 11.3. The minimum absolute atomic E-state index is 0.0840. The molecule has 0 atom stereocenters. The van der Waals surface area contributed by atoms with Crippen molar-refractivity contribution in [3.63, 3.8) is 0 Å². The third-order valence-electron chi connectivity index (χ3n) is 2.56. The maximum atomic E-state index is 11.7. The standard InChI is InChI=1S/C11H23N3O/c1-11(2,3)4-5-13-10(15)14-8-6-12-7-9-14/h12H,4-9H2,1-3H3,(H,13,15). The molecular weight excluding hydrogens is 190 g/mol. The molecule has 0 spiro atoms. The van der Waals surface area contributed by atoms with Crippen LogP contribution in [-0.4, -0.2) is 43.7 Å². The van der Waals surface area contributed by atoms with Crippen LogP contribution >= 0.6 is 0 Å². The Hall–Kier alpha value is -0.770. The summed E-state index contributed by atoms with van der Waals surface area (Å²) >= 11 is 0. The highest BCUT2D eigenvalue weighted by molar-refractivity contribution is 5.74. The second kappa shape index (κ2) is 5.35. The Morgan fingerprint density at radius 1 is 1.33 bits per heavy atom. The first-order chi connectivity index (χ1) is 6.99. The van der Waals surface area contributed by atoms with Crippen LogP contribution in [0.1, 0.15) is 27.2 Å². The zero-order valence-corrected chi connectivity index (χ0v) is 10.1. The second-order valence-corrected chi connectivity index (χ2v) is 5.28. The molecule has 0 radical (unpaired) electrons. The van der Waals surface area contributed by atoms with Crippen molar-refractivity contribution in [2.45, 2.75) is 27.2 Å². The normalized spacial score (nSPS) is 17.7. The molecule has 0 aromatic heterocycles. The Kier molecular flexibility index (Phi) is 4.39. The van der Waals surface area contributed by atoms with Gasteiger partial charge in [-0.05, 0) is 11.8 Å². The summed E-state index contributed by atoms with van der Waals surface area (Å²) in [5.41, 5.74) is 0.288. The van der Waals surface area contributed by atoms with Gasteiger partial charge in [0.15, 0.2) is 0 Å². The van der Waals surface area contributed by atoms with Crippen LogP contribution in [0.3, 0.4) is 0 Å². The monoisotopic (exact) mass is 213 g/mol. The van der Waals surface area contributed by atoms with Gasteiger partial charge in [-0.3, -0.25) is 0 Å². The van der Waals surface area contributed by atoms with E-state index in [1.54, 1.807) is 0 Å². The van der Waals surface area contributed by atoms with E-state index >= 15 is 0 Å². The molecule has 0 aliphatic carbocycles. The fraction of sp³-hybridized carbons (Fsp3) is 0.909. The maximum Gasteiger partial charge on any atom is 0.317 e. The summed E-state index contributed by atoms with van der Waals surface area (Å²) in [6, 6.07) is 0.0840. The summed E-state index contributed by atoms with van der Waals surface area (Å²) < 4.78 is 0. The summed E-state index contributed by atoms with van der Waals surface area (Å²) in [7, 11) is 0. The predicted octanol–water partition coefficient (Wildman–Crippen LogP) is 1.04. The van der Waals surface area contributed by atoms with Gasteiger partial charge in [0.2, 0.25) is 0 Å². The van der Waals surface area contributed by atoms with Crippen LogP contribution in [0.5, 0.6) is 0 Å². The lowest BCUT2D eigenvalue weighted by Crippen LogP contribution is -2.50. The lowest BCUT2D eigenvalue weighted by molar-refractivity contribution is 0.188. The van der Waals surface area contributed by atoms with Gasteiger partial charge in [0, 0.05) is 32.7 Å². The molecule has 1 fully saturated rings. The first-order valence-electron chi connectivity index (χ1n) is 5.72. The SMILES string of the molecule is CC(C)(C)CCNC(=O)N1CCNCC1. The van der Waals surface area contributed by atoms with Crippen molar-refractivity contribution in [3.8, 4) is 0 Å². The smallest absolute Gasteiger partial charge is 0.317 e. The third-order valence-corrected chi connectivity index (χ3v) is 2.56. The van der Waals surface area contributed by atoms with Gasteiger partial charge in [-0.25, -0.2) is 4.79 Å². The van der Waals surface area contributed by atoms with Gasteiger partial charge < -0.3 is 15.5 Å². The zero-order valence-electron chi connectivity index (χ0n) is 10.1. The van der Waals surface area contributed by atoms with Crippen LogP contribution in [0.15, 0.2) is 0 Å². The molecule has 2 amide bonds. The highest BCUT2D eigenvalue weighted by atomic mass is 16.2. The number of hydrogen-bond donors (Lipinski definition) is 2. The highest BCUT2D eigenvalue weighted by Gasteiger charge is 2.16. The first-order valence-corrected chi connectivity index (χ1v) is 5.72. The van der Waals surface area contributed by atoms with Crippen LogP contribution in [0.4, 0.5) is 4.79 Å². The van der Waals surface area contributed by atoms with Crippen molar-refractivity contribution >= 4 is 6.03 Å². The molecule has 0 bridgehead atoms. The number of rotatable bonds is 2. The number of carbonyl (C=O) groups is 1. The first kappa shape index (κ1) is 12.3. The van der Waals surface area contributed by atoms with E-state index in [4.69, 9.17) is 0 Å². The van der Waals surface area contributed by atoms with Gasteiger partial charge in [0.05, 0.1) is 0 Å². The second-order valence-electron chi connectivity index (χ2n) is 5.28. The summed E-state index contributed by atoms with van der Waals surface area (Å²) in [5.74, 6) is 0. The Labute approximate surface area is 92.4 Å². The van der Waals surface area contributed by atoms with E-state index in [9.17, 15) is 4.79 Å². The summed E-state index contributed by atoms with van der Waals surface area (Å²) in [6.45, 7) is 10.8. The molecule has 1 aliphatic heterocycles. The number of urea groups is 1. The van der Waals surface area contributed by atoms with E-state index in [2.05, 4.69) is 31.4 Å². The molecule has 1 heterocycles. The van der Waals surface area contributed by atoms with E-state index < -0.39 is 0 Å². The summed E-state index contributed by atoms with van der Waals surface area (Å²) in [4.78, 5) is 13.5. The number of nitrogens with one attached hydrogen (secondary N) is 2. The van der Waals surface area contributed by atoms with Crippen molar-refractivity contribution in [2.75, 3.05) is 32.7 Å². The van der Waals surface area contributed by atoms with E-state index in [1.165, 1.54) is 0 Å². The fourth-order valence-corrected chi connectivity index (χ4v) is 1.52. The molecule has 4 nitrogen and oxygen atoms in total. The maximum absolute atomic E-state index is 11.7. The van der Waals surface area contributed by atoms with E-state index in [1.807, 2.05) is 4.90 Å². The average Bonchev–Trinajstić information content (AvgIpc) is 2.17. The van der Waals surface area contributed by atoms with Crippen molar-refractivity contribution in [3.05, 3.63) is 0 Å². The number of nitrogens with zero attached hydrogens (tertiary/aromatic N) is 1. The Morgan fingerprint density at radius 2 is 1.93 bits per heavy atom. The molecule has 1 rings (SSSR count). The van der Waals surface area contributed by atoms with Gasteiger partial charge in [-0.15, -0.1) is 0 Å². The largest absolute Gasteiger partial charge is 0.338 e. The van der Waals surface area contributed by atoms with Gasteiger partial charge in [0.1, 0.15) is 0 Å². The molecular formula is C11H23N3O. The number of amides is 2. The van der Waals surface area contributed by atoms with Gasteiger partial charge in [-0.2, -0.15) is 0 Å². The number of carbonyl (C=O) groups excluding carboxylic acids is 1. The molecule has 0 saturated carbocycles. The van der Waals surface area contributed by atoms with E-state index in [-0.39, 0.29) is 11.4 Å². The minimum atomic E-state index is 0.0840. The minimum Gasteiger partial charge on any atom is -0.338 e. The van der Waals surface area contributed by atoms with Gasteiger partial charge >= 0.3 is 6.03 Å². The van der Waals surface area contributed by atoms with Crippen LogP contribution in [0.2, 0.25) is 0 Å². The number of hydrogen-bond acceptors (Lipinski definition) is 2.